The second-order valence-electron chi connectivity index (χ2n) is 4.57. The predicted molar refractivity (Wildman–Crippen MR) is 72.6 cm³/mol. The second kappa shape index (κ2) is 8.52. The molecule has 1 fully saturated rings. The minimum absolute atomic E-state index is 0. The van der Waals surface area contributed by atoms with E-state index < -0.39 is 0 Å². The Balaban J connectivity index is 0.00000162. The molecule has 18 heavy (non-hydrogen) atoms. The fraction of sp³-hybridized carbons (Fsp3) is 0.500. The maximum Gasteiger partial charge on any atom is 0.233 e. The zero-order chi connectivity index (χ0) is 11.9. The molecule has 0 saturated carbocycles. The summed E-state index contributed by atoms with van der Waals surface area (Å²) < 4.78 is 2.22. The molecule has 4 heteroatoms. The van der Waals surface area contributed by atoms with Crippen molar-refractivity contribution in [3.8, 4) is 0 Å². The molecule has 0 amide bonds. The van der Waals surface area contributed by atoms with Crippen molar-refractivity contribution >= 4 is 17.3 Å². The van der Waals surface area contributed by atoms with Gasteiger partial charge in [0.25, 0.3) is 0 Å². The summed E-state index contributed by atoms with van der Waals surface area (Å²) in [7, 11) is 0. The first-order chi connectivity index (χ1) is 8.40. The SMILES string of the molecule is Cl/C=[N+]1\CCCCCC1NCc1ccccc1.[Cl-]. The smallest absolute Gasteiger partial charge is 0.233 e. The third-order valence-electron chi connectivity index (χ3n) is 3.30. The lowest BCUT2D eigenvalue weighted by molar-refractivity contribution is -0.565. The van der Waals surface area contributed by atoms with Crippen molar-refractivity contribution in [3.63, 3.8) is 0 Å². The van der Waals surface area contributed by atoms with Crippen molar-refractivity contribution < 1.29 is 17.0 Å². The van der Waals surface area contributed by atoms with Crippen LogP contribution in [0.25, 0.3) is 0 Å². The van der Waals surface area contributed by atoms with Crippen LogP contribution in [0, 0.1) is 0 Å². The zero-order valence-electron chi connectivity index (χ0n) is 10.5. The summed E-state index contributed by atoms with van der Waals surface area (Å²) in [6.07, 6.45) is 5.40. The maximum atomic E-state index is 5.89. The van der Waals surface area contributed by atoms with Crippen LogP contribution in [0.3, 0.4) is 0 Å². The lowest BCUT2D eigenvalue weighted by atomic mass is 10.2. The van der Waals surface area contributed by atoms with Crippen molar-refractivity contribution in [3.05, 3.63) is 35.9 Å². The number of hydrogen-bond donors (Lipinski definition) is 1. The molecular weight excluding hydrogens is 267 g/mol. The van der Waals surface area contributed by atoms with Gasteiger partial charge in [0.15, 0.2) is 0 Å². The Morgan fingerprint density at radius 3 is 2.72 bits per heavy atom. The van der Waals surface area contributed by atoms with Crippen LogP contribution in [-0.2, 0) is 6.54 Å². The summed E-state index contributed by atoms with van der Waals surface area (Å²) in [5.74, 6) is 0. The highest BCUT2D eigenvalue weighted by Gasteiger charge is 2.22. The van der Waals surface area contributed by atoms with Gasteiger partial charge < -0.3 is 12.4 Å². The monoisotopic (exact) mass is 286 g/mol. The molecule has 1 N–H and O–H groups in total. The number of benzene rings is 1. The minimum atomic E-state index is 0. The van der Waals surface area contributed by atoms with E-state index in [9.17, 15) is 0 Å². The van der Waals surface area contributed by atoms with Gasteiger partial charge in [0.2, 0.25) is 11.8 Å². The molecule has 0 aromatic heterocycles. The fourth-order valence-corrected chi connectivity index (χ4v) is 2.53. The summed E-state index contributed by atoms with van der Waals surface area (Å²) in [5.41, 5.74) is 3.03. The lowest BCUT2D eigenvalue weighted by Crippen LogP contribution is -3.00. The normalized spacial score (nSPS) is 22.3. The van der Waals surface area contributed by atoms with Crippen LogP contribution in [0.1, 0.15) is 31.2 Å². The molecule has 1 saturated heterocycles. The Kier molecular flexibility index (Phi) is 7.33. The van der Waals surface area contributed by atoms with Gasteiger partial charge in [-0.1, -0.05) is 30.3 Å². The van der Waals surface area contributed by atoms with E-state index in [1.807, 2.05) is 6.07 Å². The van der Waals surface area contributed by atoms with E-state index in [1.165, 1.54) is 31.2 Å². The molecule has 1 unspecified atom stereocenters. The first kappa shape index (κ1) is 15.5. The Hall–Kier alpha value is -0.570. The molecule has 2 rings (SSSR count). The van der Waals surface area contributed by atoms with Crippen molar-refractivity contribution in [2.24, 2.45) is 0 Å². The number of nitrogens with zero attached hydrogens (tertiary/aromatic N) is 1. The van der Waals surface area contributed by atoms with Gasteiger partial charge in [-0.2, -0.15) is 0 Å². The molecule has 1 heterocycles. The van der Waals surface area contributed by atoms with Gasteiger partial charge >= 0.3 is 0 Å². The standard InChI is InChI=1S/C14H20ClN2.ClH/c15-12-17-10-6-2-5-9-14(17)16-11-13-7-3-1-4-8-13;/h1,3-4,7-8,12,14,16H,2,5-6,9-11H2;1H/q+1;/p-1/b17-12+;. The van der Waals surface area contributed by atoms with Crippen LogP contribution < -0.4 is 17.7 Å². The summed E-state index contributed by atoms with van der Waals surface area (Å²) in [4.78, 5) is 0. The first-order valence-electron chi connectivity index (χ1n) is 6.37. The Morgan fingerprint density at radius 2 is 2.00 bits per heavy atom. The number of rotatable bonds is 3. The van der Waals surface area contributed by atoms with Gasteiger partial charge in [0.05, 0.1) is 0 Å². The van der Waals surface area contributed by atoms with Gasteiger partial charge in [0.1, 0.15) is 6.54 Å². The van der Waals surface area contributed by atoms with Crippen LogP contribution in [0.5, 0.6) is 0 Å². The van der Waals surface area contributed by atoms with E-state index in [0.717, 1.165) is 13.1 Å². The molecule has 0 bridgehead atoms. The van der Waals surface area contributed by atoms with E-state index in [1.54, 1.807) is 5.67 Å². The number of hydrogen-bond acceptors (Lipinski definition) is 1. The molecule has 1 atom stereocenters. The van der Waals surface area contributed by atoms with Crippen molar-refractivity contribution in [1.82, 2.24) is 5.32 Å². The second-order valence-corrected chi connectivity index (χ2v) is 4.76. The summed E-state index contributed by atoms with van der Waals surface area (Å²) in [6, 6.07) is 10.5. The molecule has 1 aromatic rings. The Bertz CT molecular complexity index is 365. The number of nitrogens with one attached hydrogen (secondary N) is 1. The van der Waals surface area contributed by atoms with E-state index in [-0.39, 0.29) is 12.4 Å². The van der Waals surface area contributed by atoms with Crippen LogP contribution in [0.15, 0.2) is 30.3 Å². The molecule has 0 radical (unpaired) electrons. The van der Waals surface area contributed by atoms with Gasteiger partial charge in [0, 0.05) is 19.4 Å². The molecule has 0 spiro atoms. The van der Waals surface area contributed by atoms with Crippen molar-refractivity contribution in [2.45, 2.75) is 38.4 Å². The minimum Gasteiger partial charge on any atom is -1.00 e. The molecule has 1 aliphatic heterocycles. The first-order valence-corrected chi connectivity index (χ1v) is 6.80. The van der Waals surface area contributed by atoms with Gasteiger partial charge in [-0.15, -0.1) is 0 Å². The molecule has 0 aliphatic carbocycles. The van der Waals surface area contributed by atoms with Gasteiger partial charge in [-0.25, -0.2) is 4.58 Å². The highest BCUT2D eigenvalue weighted by Crippen LogP contribution is 2.12. The van der Waals surface area contributed by atoms with E-state index in [4.69, 9.17) is 11.6 Å². The number of halogens is 2. The van der Waals surface area contributed by atoms with Crippen LogP contribution in [0.2, 0.25) is 0 Å². The molecule has 1 aliphatic rings. The zero-order valence-corrected chi connectivity index (χ0v) is 12.0. The largest absolute Gasteiger partial charge is 1.00 e. The van der Waals surface area contributed by atoms with Crippen molar-refractivity contribution in [1.29, 1.82) is 0 Å². The fourth-order valence-electron chi connectivity index (χ4n) is 2.30. The highest BCUT2D eigenvalue weighted by molar-refractivity contribution is 6.54. The third kappa shape index (κ3) is 4.60. The van der Waals surface area contributed by atoms with Crippen LogP contribution in [-0.4, -0.2) is 23.0 Å². The highest BCUT2D eigenvalue weighted by atomic mass is 35.5. The Labute approximate surface area is 120 Å². The molecule has 100 valence electrons. The van der Waals surface area contributed by atoms with E-state index in [2.05, 4.69) is 34.2 Å². The average Bonchev–Trinajstić information content (AvgIpc) is 2.62. The Morgan fingerprint density at radius 1 is 1.22 bits per heavy atom. The van der Waals surface area contributed by atoms with Crippen LogP contribution >= 0.6 is 11.6 Å². The topological polar surface area (TPSA) is 15.0 Å². The quantitative estimate of drug-likeness (QED) is 0.771. The molecule has 1 aromatic carbocycles. The lowest BCUT2D eigenvalue weighted by Gasteiger charge is -2.14. The summed E-state index contributed by atoms with van der Waals surface area (Å²) in [5, 5.41) is 3.59. The summed E-state index contributed by atoms with van der Waals surface area (Å²) in [6.45, 7) is 1.97. The van der Waals surface area contributed by atoms with E-state index >= 15 is 0 Å². The summed E-state index contributed by atoms with van der Waals surface area (Å²) >= 11 is 5.89. The van der Waals surface area contributed by atoms with Gasteiger partial charge in [-0.3, -0.25) is 5.32 Å². The van der Waals surface area contributed by atoms with Gasteiger partial charge in [-0.05, 0) is 30.0 Å². The van der Waals surface area contributed by atoms with Crippen molar-refractivity contribution in [2.75, 3.05) is 6.54 Å². The maximum absolute atomic E-state index is 5.89. The molecule has 2 nitrogen and oxygen atoms in total. The predicted octanol–water partition coefficient (Wildman–Crippen LogP) is -0.0401. The third-order valence-corrected chi connectivity index (χ3v) is 3.55. The average molecular weight is 287 g/mol. The van der Waals surface area contributed by atoms with E-state index in [0.29, 0.717) is 6.17 Å². The molecular formula is C14H20Cl2N2. The van der Waals surface area contributed by atoms with Crippen LogP contribution in [0.4, 0.5) is 0 Å².